The number of nitrogens with zero attached hydrogens (tertiary/aromatic N) is 2. The Balaban J connectivity index is 1.99. The number of aliphatic hydroxyl groups is 1. The first-order valence-corrected chi connectivity index (χ1v) is 6.92. The monoisotopic (exact) mass is 248 g/mol. The van der Waals surface area contributed by atoms with Crippen molar-refractivity contribution in [2.45, 2.75) is 26.9 Å². The number of benzene rings is 1. The van der Waals surface area contributed by atoms with Gasteiger partial charge in [0.15, 0.2) is 0 Å². The maximum Gasteiger partial charge on any atom is 0.0684 e. The van der Waals surface area contributed by atoms with E-state index in [1.54, 1.807) is 0 Å². The highest BCUT2D eigenvalue weighted by atomic mass is 16.3. The van der Waals surface area contributed by atoms with Gasteiger partial charge in [0.05, 0.1) is 6.61 Å². The fraction of sp³-hybridized carbons (Fsp3) is 0.600. The van der Waals surface area contributed by atoms with Gasteiger partial charge in [-0.2, -0.15) is 0 Å². The molecule has 0 saturated carbocycles. The molecule has 3 heteroatoms. The number of anilines is 1. The largest absolute Gasteiger partial charge is 0.392 e. The zero-order valence-corrected chi connectivity index (χ0v) is 11.5. The summed E-state index contributed by atoms with van der Waals surface area (Å²) in [6, 6.07) is 6.37. The third kappa shape index (κ3) is 3.03. The van der Waals surface area contributed by atoms with E-state index >= 15 is 0 Å². The molecule has 1 aromatic carbocycles. The first kappa shape index (κ1) is 13.4. The van der Waals surface area contributed by atoms with Gasteiger partial charge in [-0.25, -0.2) is 0 Å². The summed E-state index contributed by atoms with van der Waals surface area (Å²) in [6.07, 6.45) is 1.24. The van der Waals surface area contributed by atoms with Crippen molar-refractivity contribution in [2.24, 2.45) is 0 Å². The molecule has 0 spiro atoms. The van der Waals surface area contributed by atoms with E-state index in [0.717, 1.165) is 31.7 Å². The smallest absolute Gasteiger partial charge is 0.0684 e. The Morgan fingerprint density at radius 1 is 1.17 bits per heavy atom. The van der Waals surface area contributed by atoms with Crippen molar-refractivity contribution < 1.29 is 5.11 Å². The minimum Gasteiger partial charge on any atom is -0.392 e. The maximum absolute atomic E-state index is 9.19. The number of piperazine rings is 1. The number of aryl methyl sites for hydroxylation is 1. The molecule has 1 N–H and O–H groups in total. The van der Waals surface area contributed by atoms with Crippen LogP contribution in [0.25, 0.3) is 0 Å². The molecule has 0 amide bonds. The van der Waals surface area contributed by atoms with Gasteiger partial charge in [-0.3, -0.25) is 4.90 Å². The minimum atomic E-state index is 0.135. The molecular formula is C15H24N2O. The summed E-state index contributed by atoms with van der Waals surface area (Å²) in [4.78, 5) is 4.98. The van der Waals surface area contributed by atoms with Crippen molar-refractivity contribution >= 4 is 5.69 Å². The first-order chi connectivity index (χ1) is 8.74. The topological polar surface area (TPSA) is 26.7 Å². The molecular weight excluding hydrogens is 224 g/mol. The highest BCUT2D eigenvalue weighted by molar-refractivity contribution is 5.51. The summed E-state index contributed by atoms with van der Waals surface area (Å²) in [7, 11) is 0. The number of rotatable bonds is 4. The molecule has 0 aromatic heterocycles. The third-order valence-electron chi connectivity index (χ3n) is 3.77. The van der Waals surface area contributed by atoms with Crippen LogP contribution >= 0.6 is 0 Å². The Kier molecular flexibility index (Phi) is 4.61. The predicted molar refractivity (Wildman–Crippen MR) is 76.0 cm³/mol. The van der Waals surface area contributed by atoms with E-state index in [0.29, 0.717) is 0 Å². The van der Waals surface area contributed by atoms with Crippen LogP contribution in [0, 0.1) is 6.92 Å². The molecule has 1 heterocycles. The van der Waals surface area contributed by atoms with Crippen LogP contribution in [0.1, 0.15) is 24.5 Å². The van der Waals surface area contributed by atoms with Gasteiger partial charge in [-0.15, -0.1) is 0 Å². The molecule has 0 radical (unpaired) electrons. The summed E-state index contributed by atoms with van der Waals surface area (Å²) < 4.78 is 0. The Hall–Kier alpha value is -1.06. The highest BCUT2D eigenvalue weighted by Gasteiger charge is 2.16. The average molecular weight is 248 g/mol. The zero-order valence-electron chi connectivity index (χ0n) is 11.5. The van der Waals surface area contributed by atoms with E-state index in [-0.39, 0.29) is 6.61 Å². The van der Waals surface area contributed by atoms with Crippen molar-refractivity contribution in [1.82, 2.24) is 4.90 Å². The van der Waals surface area contributed by atoms with Gasteiger partial charge in [-0.1, -0.05) is 13.0 Å². The van der Waals surface area contributed by atoms with E-state index in [1.807, 2.05) is 6.07 Å². The van der Waals surface area contributed by atoms with Crippen molar-refractivity contribution in [2.75, 3.05) is 37.6 Å². The van der Waals surface area contributed by atoms with Gasteiger partial charge in [0.25, 0.3) is 0 Å². The Bertz CT molecular complexity index is 384. The predicted octanol–water partition coefficient (Wildman–Crippen LogP) is 2.02. The Morgan fingerprint density at radius 2 is 1.89 bits per heavy atom. The van der Waals surface area contributed by atoms with Gasteiger partial charge in [-0.05, 0) is 43.1 Å². The molecule has 18 heavy (non-hydrogen) atoms. The van der Waals surface area contributed by atoms with Gasteiger partial charge in [0.2, 0.25) is 0 Å². The van der Waals surface area contributed by atoms with Crippen molar-refractivity contribution in [3.05, 3.63) is 29.3 Å². The lowest BCUT2D eigenvalue weighted by atomic mass is 10.1. The maximum atomic E-state index is 9.19. The fourth-order valence-corrected chi connectivity index (χ4v) is 2.60. The second kappa shape index (κ2) is 6.21. The molecule has 1 saturated heterocycles. The summed E-state index contributed by atoms with van der Waals surface area (Å²) in [5, 5.41) is 9.19. The van der Waals surface area contributed by atoms with Gasteiger partial charge in [0, 0.05) is 31.9 Å². The second-order valence-corrected chi connectivity index (χ2v) is 5.10. The van der Waals surface area contributed by atoms with Crippen molar-refractivity contribution in [3.8, 4) is 0 Å². The molecule has 1 aliphatic rings. The van der Waals surface area contributed by atoms with Crippen molar-refractivity contribution in [1.29, 1.82) is 0 Å². The van der Waals surface area contributed by atoms with Crippen LogP contribution in [0.3, 0.4) is 0 Å². The summed E-state index contributed by atoms with van der Waals surface area (Å²) in [6.45, 7) is 10.2. The Morgan fingerprint density at radius 3 is 2.44 bits per heavy atom. The summed E-state index contributed by atoms with van der Waals surface area (Å²) in [5.74, 6) is 0. The first-order valence-electron chi connectivity index (χ1n) is 6.92. The van der Waals surface area contributed by atoms with E-state index in [9.17, 15) is 5.11 Å². The number of hydrogen-bond donors (Lipinski definition) is 1. The van der Waals surface area contributed by atoms with Crippen LogP contribution in [-0.2, 0) is 6.61 Å². The van der Waals surface area contributed by atoms with E-state index < -0.39 is 0 Å². The zero-order chi connectivity index (χ0) is 13.0. The molecule has 1 aliphatic heterocycles. The molecule has 2 rings (SSSR count). The second-order valence-electron chi connectivity index (χ2n) is 5.10. The molecule has 0 bridgehead atoms. The van der Waals surface area contributed by atoms with E-state index in [2.05, 4.69) is 35.8 Å². The number of aliphatic hydroxyl groups excluding tert-OH is 1. The molecule has 1 aromatic rings. The van der Waals surface area contributed by atoms with Gasteiger partial charge < -0.3 is 10.0 Å². The molecule has 3 nitrogen and oxygen atoms in total. The molecule has 0 atom stereocenters. The summed E-state index contributed by atoms with van der Waals surface area (Å²) >= 11 is 0. The van der Waals surface area contributed by atoms with Gasteiger partial charge in [0.1, 0.15) is 0 Å². The Labute approximate surface area is 110 Å². The molecule has 0 aliphatic carbocycles. The van der Waals surface area contributed by atoms with Crippen LogP contribution in [0.5, 0.6) is 0 Å². The quantitative estimate of drug-likeness (QED) is 0.883. The molecule has 1 fully saturated rings. The van der Waals surface area contributed by atoms with Crippen LogP contribution < -0.4 is 4.90 Å². The standard InChI is InChI=1S/C15H24N2O/c1-3-6-16-7-9-17(10-8-16)15-5-4-14(12-18)13(2)11-15/h4-5,11,18H,3,6-10,12H2,1-2H3. The van der Waals surface area contributed by atoms with Crippen LogP contribution in [-0.4, -0.2) is 42.7 Å². The lowest BCUT2D eigenvalue weighted by Crippen LogP contribution is -2.46. The van der Waals surface area contributed by atoms with E-state index in [1.165, 1.54) is 24.2 Å². The highest BCUT2D eigenvalue weighted by Crippen LogP contribution is 2.20. The van der Waals surface area contributed by atoms with Gasteiger partial charge >= 0.3 is 0 Å². The van der Waals surface area contributed by atoms with E-state index in [4.69, 9.17) is 0 Å². The number of hydrogen-bond acceptors (Lipinski definition) is 3. The van der Waals surface area contributed by atoms with Crippen molar-refractivity contribution in [3.63, 3.8) is 0 Å². The average Bonchev–Trinajstić information content (AvgIpc) is 2.40. The minimum absolute atomic E-state index is 0.135. The fourth-order valence-electron chi connectivity index (χ4n) is 2.60. The lowest BCUT2D eigenvalue weighted by Gasteiger charge is -2.36. The molecule has 100 valence electrons. The SMILES string of the molecule is CCCN1CCN(c2ccc(CO)c(C)c2)CC1. The third-order valence-corrected chi connectivity index (χ3v) is 3.77. The summed E-state index contributed by atoms with van der Waals surface area (Å²) in [5.41, 5.74) is 3.51. The lowest BCUT2D eigenvalue weighted by molar-refractivity contribution is 0.258. The van der Waals surface area contributed by atoms with Crippen LogP contribution in [0.4, 0.5) is 5.69 Å². The molecule has 0 unspecified atom stereocenters. The van der Waals surface area contributed by atoms with Crippen LogP contribution in [0.2, 0.25) is 0 Å². The normalized spacial score (nSPS) is 17.2. The van der Waals surface area contributed by atoms with Crippen LogP contribution in [0.15, 0.2) is 18.2 Å².